The largest absolute Gasteiger partial charge is 0.381 e. The SMILES string of the molecule is Cn1cc(CNc2cc(F)cc(Cl)c2)c(C(C)(C)C)n1. The van der Waals surface area contributed by atoms with Crippen LogP contribution in [-0.4, -0.2) is 9.78 Å². The van der Waals surface area contributed by atoms with Crippen LogP contribution in [-0.2, 0) is 19.0 Å². The van der Waals surface area contributed by atoms with Gasteiger partial charge in [0.15, 0.2) is 0 Å². The van der Waals surface area contributed by atoms with Gasteiger partial charge in [0.2, 0.25) is 0 Å². The Morgan fingerprint density at radius 3 is 2.60 bits per heavy atom. The third-order valence-electron chi connectivity index (χ3n) is 2.96. The van der Waals surface area contributed by atoms with Crippen LogP contribution in [0.2, 0.25) is 5.02 Å². The summed E-state index contributed by atoms with van der Waals surface area (Å²) in [6, 6.07) is 4.42. The molecule has 0 aliphatic heterocycles. The molecular weight excluding hydrogens is 277 g/mol. The van der Waals surface area contributed by atoms with E-state index in [1.165, 1.54) is 12.1 Å². The summed E-state index contributed by atoms with van der Waals surface area (Å²) < 4.78 is 15.1. The molecule has 2 rings (SSSR count). The number of hydrogen-bond acceptors (Lipinski definition) is 2. The molecule has 0 aliphatic rings. The van der Waals surface area contributed by atoms with Crippen molar-refractivity contribution in [3.63, 3.8) is 0 Å². The van der Waals surface area contributed by atoms with Crippen molar-refractivity contribution in [2.75, 3.05) is 5.32 Å². The Bertz CT molecular complexity index is 594. The zero-order valence-electron chi connectivity index (χ0n) is 12.2. The first-order valence-electron chi connectivity index (χ1n) is 6.48. The molecule has 0 spiro atoms. The van der Waals surface area contributed by atoms with Crippen molar-refractivity contribution < 1.29 is 4.39 Å². The van der Waals surface area contributed by atoms with E-state index in [9.17, 15) is 4.39 Å². The summed E-state index contributed by atoms with van der Waals surface area (Å²) in [6.45, 7) is 6.95. The van der Waals surface area contributed by atoms with Gasteiger partial charge in [-0.05, 0) is 18.2 Å². The highest BCUT2D eigenvalue weighted by molar-refractivity contribution is 6.30. The Morgan fingerprint density at radius 2 is 2.00 bits per heavy atom. The van der Waals surface area contributed by atoms with Gasteiger partial charge < -0.3 is 5.32 Å². The van der Waals surface area contributed by atoms with Gasteiger partial charge in [-0.1, -0.05) is 32.4 Å². The minimum absolute atomic E-state index is 0.0299. The lowest BCUT2D eigenvalue weighted by Gasteiger charge is -2.18. The Kier molecular flexibility index (Phi) is 4.04. The van der Waals surface area contributed by atoms with Crippen LogP contribution in [0.3, 0.4) is 0 Å². The van der Waals surface area contributed by atoms with Gasteiger partial charge in [0.25, 0.3) is 0 Å². The van der Waals surface area contributed by atoms with Gasteiger partial charge >= 0.3 is 0 Å². The first kappa shape index (κ1) is 14.9. The van der Waals surface area contributed by atoms with E-state index in [1.54, 1.807) is 10.7 Å². The number of nitrogens with one attached hydrogen (secondary N) is 1. The maximum absolute atomic E-state index is 13.3. The molecule has 0 saturated carbocycles. The molecule has 0 unspecified atom stereocenters. The summed E-state index contributed by atoms with van der Waals surface area (Å²) in [5.41, 5.74) is 2.77. The number of aryl methyl sites for hydroxylation is 1. The molecule has 1 N–H and O–H groups in total. The minimum atomic E-state index is -0.345. The van der Waals surface area contributed by atoms with E-state index in [0.717, 1.165) is 11.3 Å². The predicted octanol–water partition coefficient (Wildman–Crippen LogP) is 4.12. The van der Waals surface area contributed by atoms with Crippen molar-refractivity contribution in [3.05, 3.63) is 46.5 Å². The van der Waals surface area contributed by atoms with E-state index in [4.69, 9.17) is 11.6 Å². The second-order valence-electron chi connectivity index (χ2n) is 5.94. The third kappa shape index (κ3) is 3.51. The molecule has 108 valence electrons. The quantitative estimate of drug-likeness (QED) is 0.923. The van der Waals surface area contributed by atoms with Crippen molar-refractivity contribution in [2.24, 2.45) is 7.05 Å². The number of halogens is 2. The van der Waals surface area contributed by atoms with E-state index in [0.29, 0.717) is 17.3 Å². The fourth-order valence-corrected chi connectivity index (χ4v) is 2.37. The molecular formula is C15H19ClFN3. The van der Waals surface area contributed by atoms with Gasteiger partial charge in [-0.25, -0.2) is 4.39 Å². The summed E-state index contributed by atoms with van der Waals surface area (Å²) in [7, 11) is 1.90. The fourth-order valence-electron chi connectivity index (χ4n) is 2.15. The molecule has 0 fully saturated rings. The molecule has 0 atom stereocenters. The van der Waals surface area contributed by atoms with Gasteiger partial charge in [-0.2, -0.15) is 5.10 Å². The predicted molar refractivity (Wildman–Crippen MR) is 80.6 cm³/mol. The summed E-state index contributed by atoms with van der Waals surface area (Å²) in [6.07, 6.45) is 1.98. The normalized spacial score (nSPS) is 11.7. The highest BCUT2D eigenvalue weighted by Crippen LogP contribution is 2.25. The molecule has 0 saturated heterocycles. The van der Waals surface area contributed by atoms with Crippen LogP contribution in [0.5, 0.6) is 0 Å². The molecule has 2 aromatic rings. The molecule has 5 heteroatoms. The van der Waals surface area contributed by atoms with Gasteiger partial charge in [0, 0.05) is 41.5 Å². The average molecular weight is 296 g/mol. The number of nitrogens with zero attached hydrogens (tertiary/aromatic N) is 2. The first-order chi connectivity index (χ1) is 9.25. The van der Waals surface area contributed by atoms with Crippen LogP contribution in [0, 0.1) is 5.82 Å². The van der Waals surface area contributed by atoms with E-state index in [2.05, 4.69) is 31.2 Å². The van der Waals surface area contributed by atoms with E-state index >= 15 is 0 Å². The van der Waals surface area contributed by atoms with Crippen LogP contribution >= 0.6 is 11.6 Å². The molecule has 1 heterocycles. The Morgan fingerprint density at radius 1 is 1.30 bits per heavy atom. The number of benzene rings is 1. The van der Waals surface area contributed by atoms with Crippen molar-refractivity contribution in [1.29, 1.82) is 0 Å². The molecule has 0 radical (unpaired) electrons. The van der Waals surface area contributed by atoms with Crippen molar-refractivity contribution in [2.45, 2.75) is 32.7 Å². The van der Waals surface area contributed by atoms with Gasteiger partial charge in [0.1, 0.15) is 5.82 Å². The molecule has 0 bridgehead atoms. The maximum Gasteiger partial charge on any atom is 0.126 e. The molecule has 0 aliphatic carbocycles. The molecule has 3 nitrogen and oxygen atoms in total. The van der Waals surface area contributed by atoms with E-state index in [-0.39, 0.29) is 11.2 Å². The highest BCUT2D eigenvalue weighted by atomic mass is 35.5. The lowest BCUT2D eigenvalue weighted by atomic mass is 9.89. The van der Waals surface area contributed by atoms with Crippen molar-refractivity contribution >= 4 is 17.3 Å². The monoisotopic (exact) mass is 295 g/mol. The molecule has 1 aromatic carbocycles. The van der Waals surface area contributed by atoms with Crippen LogP contribution in [0.15, 0.2) is 24.4 Å². The average Bonchev–Trinajstić information content (AvgIpc) is 2.66. The second kappa shape index (κ2) is 5.44. The van der Waals surface area contributed by atoms with E-state index < -0.39 is 0 Å². The first-order valence-corrected chi connectivity index (χ1v) is 6.86. The van der Waals surface area contributed by atoms with Gasteiger partial charge in [-0.15, -0.1) is 0 Å². The summed E-state index contributed by atoms with van der Waals surface area (Å²) in [5.74, 6) is -0.345. The standard InChI is InChI=1S/C15H19ClFN3/c1-15(2,3)14-10(9-20(4)19-14)8-18-13-6-11(16)5-12(17)7-13/h5-7,9,18H,8H2,1-4H3. The Balaban J connectivity index is 2.19. The lowest BCUT2D eigenvalue weighted by molar-refractivity contribution is 0.549. The summed E-state index contributed by atoms with van der Waals surface area (Å²) >= 11 is 5.84. The number of hydrogen-bond donors (Lipinski definition) is 1. The van der Waals surface area contributed by atoms with Crippen LogP contribution in [0.25, 0.3) is 0 Å². The fraction of sp³-hybridized carbons (Fsp3) is 0.400. The second-order valence-corrected chi connectivity index (χ2v) is 6.37. The van der Waals surface area contributed by atoms with Crippen LogP contribution in [0.4, 0.5) is 10.1 Å². The number of rotatable bonds is 3. The molecule has 0 amide bonds. The topological polar surface area (TPSA) is 29.9 Å². The minimum Gasteiger partial charge on any atom is -0.381 e. The van der Waals surface area contributed by atoms with Crippen LogP contribution < -0.4 is 5.32 Å². The highest BCUT2D eigenvalue weighted by Gasteiger charge is 2.21. The summed E-state index contributed by atoms with van der Waals surface area (Å²) in [5, 5.41) is 8.08. The molecule has 1 aromatic heterocycles. The third-order valence-corrected chi connectivity index (χ3v) is 3.18. The van der Waals surface area contributed by atoms with Crippen molar-refractivity contribution in [3.8, 4) is 0 Å². The van der Waals surface area contributed by atoms with E-state index in [1.807, 2.05) is 13.2 Å². The Hall–Kier alpha value is -1.55. The van der Waals surface area contributed by atoms with Gasteiger partial charge in [0.05, 0.1) is 5.69 Å². The van der Waals surface area contributed by atoms with Crippen LogP contribution in [0.1, 0.15) is 32.0 Å². The number of anilines is 1. The maximum atomic E-state index is 13.3. The van der Waals surface area contributed by atoms with Crippen molar-refractivity contribution in [1.82, 2.24) is 9.78 Å². The smallest absolute Gasteiger partial charge is 0.126 e. The summed E-state index contributed by atoms with van der Waals surface area (Å²) in [4.78, 5) is 0. The van der Waals surface area contributed by atoms with Gasteiger partial charge in [-0.3, -0.25) is 4.68 Å². The lowest BCUT2D eigenvalue weighted by Crippen LogP contribution is -2.16. The zero-order valence-corrected chi connectivity index (χ0v) is 12.9. The number of aromatic nitrogens is 2. The molecule has 20 heavy (non-hydrogen) atoms. The zero-order chi connectivity index (χ0) is 14.9. The Labute approximate surface area is 123 Å².